The highest BCUT2D eigenvalue weighted by atomic mass is 127. The van der Waals surface area contributed by atoms with Gasteiger partial charge < -0.3 is 20.3 Å². The number of aliphatic imine (C=N–C) groups is 1. The van der Waals surface area contributed by atoms with Crippen molar-refractivity contribution in [2.45, 2.75) is 32.9 Å². The van der Waals surface area contributed by atoms with Crippen LogP contribution in [0.3, 0.4) is 0 Å². The van der Waals surface area contributed by atoms with Crippen LogP contribution in [0.1, 0.15) is 20.8 Å². The second-order valence-electron chi connectivity index (χ2n) is 7.87. The molecule has 0 aliphatic carbocycles. The number of likely N-dealkylation sites (N-methyl/N-ethyl adjacent to an activating group) is 1. The van der Waals surface area contributed by atoms with Crippen LogP contribution in [-0.2, 0) is 0 Å². The molecule has 1 aliphatic heterocycles. The normalized spacial score (nSPS) is 18.1. The van der Waals surface area contributed by atoms with Gasteiger partial charge in [-0.15, -0.1) is 24.0 Å². The Labute approximate surface area is 192 Å². The van der Waals surface area contributed by atoms with E-state index in [1.807, 2.05) is 6.92 Å². The average Bonchev–Trinajstić information content (AvgIpc) is 2.67. The Hall–Kier alpha value is -1.13. The van der Waals surface area contributed by atoms with Crippen molar-refractivity contribution in [3.8, 4) is 5.75 Å². The number of benzene rings is 1. The monoisotopic (exact) mass is 521 g/mol. The molecule has 6 nitrogen and oxygen atoms in total. The summed E-state index contributed by atoms with van der Waals surface area (Å²) in [6.45, 7) is 12.4. The van der Waals surface area contributed by atoms with Crippen LogP contribution in [0.15, 0.2) is 29.3 Å². The molecule has 2 atom stereocenters. The van der Waals surface area contributed by atoms with E-state index in [4.69, 9.17) is 4.74 Å². The first kappa shape index (κ1) is 25.9. The van der Waals surface area contributed by atoms with Gasteiger partial charge in [0, 0.05) is 45.8 Å². The summed E-state index contributed by atoms with van der Waals surface area (Å²) in [5, 5.41) is 6.78. The number of nitrogens with zero attached hydrogens (tertiary/aromatic N) is 3. The molecule has 1 fully saturated rings. The Balaban J connectivity index is 0.00000420. The van der Waals surface area contributed by atoms with E-state index in [2.05, 4.69) is 46.3 Å². The maximum absolute atomic E-state index is 13.0. The van der Waals surface area contributed by atoms with Crippen molar-refractivity contribution in [2.24, 2.45) is 10.9 Å². The van der Waals surface area contributed by atoms with E-state index in [0.717, 1.165) is 38.7 Å². The number of hydrogen-bond donors (Lipinski definition) is 2. The second-order valence-corrected chi connectivity index (χ2v) is 7.87. The van der Waals surface area contributed by atoms with Gasteiger partial charge in [-0.3, -0.25) is 9.89 Å². The van der Waals surface area contributed by atoms with Gasteiger partial charge in [-0.05, 0) is 44.2 Å². The third-order valence-corrected chi connectivity index (χ3v) is 5.19. The zero-order valence-corrected chi connectivity index (χ0v) is 20.7. The van der Waals surface area contributed by atoms with E-state index in [0.29, 0.717) is 24.3 Å². The highest BCUT2D eigenvalue weighted by Crippen LogP contribution is 2.14. The van der Waals surface area contributed by atoms with E-state index >= 15 is 0 Å². The van der Waals surface area contributed by atoms with Crippen LogP contribution in [0, 0.1) is 11.7 Å². The number of nitrogens with one attached hydrogen (secondary N) is 2. The van der Waals surface area contributed by atoms with Gasteiger partial charge in [0.25, 0.3) is 0 Å². The van der Waals surface area contributed by atoms with Gasteiger partial charge in [-0.1, -0.05) is 13.8 Å². The lowest BCUT2D eigenvalue weighted by molar-refractivity contribution is 0.0899. The molecule has 0 bridgehead atoms. The van der Waals surface area contributed by atoms with Gasteiger partial charge in [0.1, 0.15) is 17.7 Å². The van der Waals surface area contributed by atoms with Crippen molar-refractivity contribution in [1.82, 2.24) is 20.4 Å². The topological polar surface area (TPSA) is 52.1 Å². The van der Waals surface area contributed by atoms with Crippen LogP contribution >= 0.6 is 24.0 Å². The molecule has 1 aliphatic rings. The standard InChI is InChI=1S/C21H36FN5O.HI/c1-16(2)20(27-12-10-26(5)11-13-27)15-25-21(23-4)24-14-17(3)28-19-8-6-18(22)7-9-19;/h6-9,16-17,20H,10-15H2,1-5H3,(H2,23,24,25);1H. The third-order valence-electron chi connectivity index (χ3n) is 5.19. The predicted octanol–water partition coefficient (Wildman–Crippen LogP) is 2.65. The number of ether oxygens (including phenoxy) is 1. The van der Waals surface area contributed by atoms with Gasteiger partial charge in [-0.25, -0.2) is 4.39 Å². The molecule has 0 aromatic heterocycles. The van der Waals surface area contributed by atoms with Crippen molar-refractivity contribution in [3.63, 3.8) is 0 Å². The van der Waals surface area contributed by atoms with E-state index in [9.17, 15) is 4.39 Å². The summed E-state index contributed by atoms with van der Waals surface area (Å²) >= 11 is 0. The van der Waals surface area contributed by atoms with E-state index in [-0.39, 0.29) is 35.9 Å². The lowest BCUT2D eigenvalue weighted by Gasteiger charge is -2.40. The SMILES string of the molecule is CN=C(NCC(C)Oc1ccc(F)cc1)NCC(C(C)C)N1CCN(C)CC1.I. The summed E-state index contributed by atoms with van der Waals surface area (Å²) in [5.41, 5.74) is 0. The molecule has 1 saturated heterocycles. The summed E-state index contributed by atoms with van der Waals surface area (Å²) in [7, 11) is 3.96. The van der Waals surface area contributed by atoms with Crippen LogP contribution in [0.25, 0.3) is 0 Å². The molecule has 1 aromatic carbocycles. The highest BCUT2D eigenvalue weighted by Gasteiger charge is 2.25. The number of rotatable bonds is 8. The van der Waals surface area contributed by atoms with Crippen molar-refractivity contribution >= 4 is 29.9 Å². The first-order valence-electron chi connectivity index (χ1n) is 10.2. The summed E-state index contributed by atoms with van der Waals surface area (Å²) < 4.78 is 18.8. The average molecular weight is 521 g/mol. The first-order valence-corrected chi connectivity index (χ1v) is 10.2. The van der Waals surface area contributed by atoms with Crippen LogP contribution in [-0.4, -0.2) is 81.3 Å². The van der Waals surface area contributed by atoms with Crippen molar-refractivity contribution in [2.75, 3.05) is 53.4 Å². The van der Waals surface area contributed by atoms with Crippen LogP contribution < -0.4 is 15.4 Å². The molecule has 0 amide bonds. The maximum Gasteiger partial charge on any atom is 0.191 e. The molecule has 8 heteroatoms. The van der Waals surface area contributed by atoms with Crippen LogP contribution in [0.2, 0.25) is 0 Å². The van der Waals surface area contributed by atoms with Gasteiger partial charge in [0.05, 0.1) is 6.54 Å². The number of hydrogen-bond acceptors (Lipinski definition) is 4. The molecule has 0 saturated carbocycles. The maximum atomic E-state index is 13.0. The molecular weight excluding hydrogens is 484 g/mol. The molecule has 166 valence electrons. The Bertz CT molecular complexity index is 606. The fourth-order valence-corrected chi connectivity index (χ4v) is 3.39. The first-order chi connectivity index (χ1) is 13.4. The predicted molar refractivity (Wildman–Crippen MR) is 129 cm³/mol. The third kappa shape index (κ3) is 9.04. The molecule has 2 rings (SSSR count). The zero-order chi connectivity index (χ0) is 20.5. The minimum absolute atomic E-state index is 0. The number of halogens is 2. The number of piperazine rings is 1. The minimum Gasteiger partial charge on any atom is -0.489 e. The summed E-state index contributed by atoms with van der Waals surface area (Å²) in [5.74, 6) is 1.74. The summed E-state index contributed by atoms with van der Waals surface area (Å²) in [4.78, 5) is 9.28. The molecule has 2 N–H and O–H groups in total. The highest BCUT2D eigenvalue weighted by molar-refractivity contribution is 14.0. The molecule has 0 spiro atoms. The summed E-state index contributed by atoms with van der Waals surface area (Å²) in [6.07, 6.45) is -0.0671. The van der Waals surface area contributed by atoms with Gasteiger partial charge in [-0.2, -0.15) is 0 Å². The zero-order valence-electron chi connectivity index (χ0n) is 18.3. The van der Waals surface area contributed by atoms with E-state index in [1.54, 1.807) is 19.2 Å². The Morgan fingerprint density at radius 1 is 1.07 bits per heavy atom. The minimum atomic E-state index is -0.261. The Morgan fingerprint density at radius 3 is 2.21 bits per heavy atom. The molecular formula is C21H37FIN5O. The Morgan fingerprint density at radius 2 is 1.66 bits per heavy atom. The number of guanidine groups is 1. The Kier molecular flexibility index (Phi) is 11.8. The van der Waals surface area contributed by atoms with Crippen molar-refractivity contribution in [1.29, 1.82) is 0 Å². The lowest BCUT2D eigenvalue weighted by atomic mass is 10.0. The second kappa shape index (κ2) is 13.2. The fourth-order valence-electron chi connectivity index (χ4n) is 3.39. The van der Waals surface area contributed by atoms with E-state index < -0.39 is 0 Å². The van der Waals surface area contributed by atoms with Crippen LogP contribution in [0.4, 0.5) is 4.39 Å². The largest absolute Gasteiger partial charge is 0.489 e. The van der Waals surface area contributed by atoms with Gasteiger partial charge in [0.15, 0.2) is 5.96 Å². The molecule has 0 radical (unpaired) electrons. The van der Waals surface area contributed by atoms with Crippen molar-refractivity contribution < 1.29 is 9.13 Å². The molecule has 1 heterocycles. The summed E-state index contributed by atoms with van der Waals surface area (Å²) in [6, 6.07) is 6.56. The lowest BCUT2D eigenvalue weighted by Crippen LogP contribution is -2.55. The van der Waals surface area contributed by atoms with Crippen LogP contribution in [0.5, 0.6) is 5.75 Å². The van der Waals surface area contributed by atoms with Gasteiger partial charge >= 0.3 is 0 Å². The molecule has 2 unspecified atom stereocenters. The van der Waals surface area contributed by atoms with E-state index in [1.165, 1.54) is 12.1 Å². The smallest absolute Gasteiger partial charge is 0.191 e. The fraction of sp³-hybridized carbons (Fsp3) is 0.667. The van der Waals surface area contributed by atoms with Crippen molar-refractivity contribution in [3.05, 3.63) is 30.1 Å². The molecule has 1 aromatic rings. The van der Waals surface area contributed by atoms with Gasteiger partial charge in [0.2, 0.25) is 0 Å². The molecule has 29 heavy (non-hydrogen) atoms. The quantitative estimate of drug-likeness (QED) is 0.313.